The largest absolute Gasteiger partial charge is 0.449 e. The standard InChI is InChI=1S/C21H20N2O3/c1-3-12-22-20(24)14(2)23-21(25)26-13-19-17-10-6-4-8-15(17)16-9-5-7-11-18(16)19/h1,4-11,14,19H,12-13H2,2H3,(H,22,24)(H,23,25)/t14-/m0/s1. The number of ether oxygens (including phenoxy) is 1. The Morgan fingerprint density at radius 1 is 1.12 bits per heavy atom. The smallest absolute Gasteiger partial charge is 0.407 e. The van der Waals surface area contributed by atoms with Gasteiger partial charge in [0.25, 0.3) is 0 Å². The molecule has 0 bridgehead atoms. The highest BCUT2D eigenvalue weighted by molar-refractivity contribution is 5.85. The number of nitrogens with one attached hydrogen (secondary N) is 2. The van der Waals surface area contributed by atoms with Crippen LogP contribution in [-0.4, -0.2) is 31.2 Å². The third-order valence-corrected chi connectivity index (χ3v) is 4.44. The summed E-state index contributed by atoms with van der Waals surface area (Å²) in [5.74, 6) is 1.95. The lowest BCUT2D eigenvalue weighted by Crippen LogP contribution is -2.45. The van der Waals surface area contributed by atoms with Crippen molar-refractivity contribution < 1.29 is 14.3 Å². The molecule has 1 atom stereocenters. The molecule has 26 heavy (non-hydrogen) atoms. The normalized spacial score (nSPS) is 13.1. The Morgan fingerprint density at radius 3 is 2.27 bits per heavy atom. The van der Waals surface area contributed by atoms with E-state index in [-0.39, 0.29) is 25.0 Å². The number of terminal acetylenes is 1. The van der Waals surface area contributed by atoms with Gasteiger partial charge in [0.15, 0.2) is 0 Å². The van der Waals surface area contributed by atoms with Crippen molar-refractivity contribution in [3.63, 3.8) is 0 Å². The number of benzene rings is 2. The molecule has 1 aliphatic rings. The number of fused-ring (bicyclic) bond motifs is 3. The van der Waals surface area contributed by atoms with Gasteiger partial charge in [0.1, 0.15) is 12.6 Å². The maximum absolute atomic E-state index is 12.1. The van der Waals surface area contributed by atoms with Crippen LogP contribution in [0.5, 0.6) is 0 Å². The van der Waals surface area contributed by atoms with Crippen LogP contribution in [0.1, 0.15) is 24.0 Å². The summed E-state index contributed by atoms with van der Waals surface area (Å²) in [4.78, 5) is 23.8. The maximum Gasteiger partial charge on any atom is 0.407 e. The molecule has 0 aromatic heterocycles. The molecule has 0 aliphatic heterocycles. The minimum absolute atomic E-state index is 0.0151. The summed E-state index contributed by atoms with van der Waals surface area (Å²) >= 11 is 0. The van der Waals surface area contributed by atoms with Gasteiger partial charge in [-0.15, -0.1) is 6.42 Å². The molecule has 2 amide bonds. The Morgan fingerprint density at radius 2 is 1.69 bits per heavy atom. The van der Waals surface area contributed by atoms with Crippen molar-refractivity contribution in [2.75, 3.05) is 13.2 Å². The number of amides is 2. The van der Waals surface area contributed by atoms with Crippen LogP contribution in [-0.2, 0) is 9.53 Å². The zero-order valence-electron chi connectivity index (χ0n) is 14.5. The Hall–Kier alpha value is -3.26. The van der Waals surface area contributed by atoms with Crippen molar-refractivity contribution in [1.29, 1.82) is 0 Å². The van der Waals surface area contributed by atoms with Crippen molar-refractivity contribution in [1.82, 2.24) is 10.6 Å². The quantitative estimate of drug-likeness (QED) is 0.817. The topological polar surface area (TPSA) is 67.4 Å². The van der Waals surface area contributed by atoms with E-state index in [1.165, 1.54) is 11.1 Å². The number of hydrogen-bond acceptors (Lipinski definition) is 3. The van der Waals surface area contributed by atoms with Crippen molar-refractivity contribution >= 4 is 12.0 Å². The third kappa shape index (κ3) is 3.55. The highest BCUT2D eigenvalue weighted by atomic mass is 16.5. The average Bonchev–Trinajstić information content (AvgIpc) is 2.98. The van der Waals surface area contributed by atoms with Crippen LogP contribution < -0.4 is 10.6 Å². The van der Waals surface area contributed by atoms with E-state index < -0.39 is 12.1 Å². The van der Waals surface area contributed by atoms with Gasteiger partial charge >= 0.3 is 6.09 Å². The zero-order chi connectivity index (χ0) is 18.5. The molecule has 0 spiro atoms. The van der Waals surface area contributed by atoms with Crippen molar-refractivity contribution in [3.8, 4) is 23.5 Å². The van der Waals surface area contributed by atoms with Gasteiger partial charge in [0.05, 0.1) is 6.54 Å². The molecular weight excluding hydrogens is 328 g/mol. The van der Waals surface area contributed by atoms with E-state index in [0.29, 0.717) is 0 Å². The van der Waals surface area contributed by atoms with E-state index in [1.54, 1.807) is 6.92 Å². The molecule has 0 unspecified atom stereocenters. The molecule has 5 heteroatoms. The molecule has 5 nitrogen and oxygen atoms in total. The Balaban J connectivity index is 1.64. The van der Waals surface area contributed by atoms with Crippen molar-refractivity contribution in [2.24, 2.45) is 0 Å². The Labute approximate surface area is 152 Å². The Bertz CT molecular complexity index is 824. The summed E-state index contributed by atoms with van der Waals surface area (Å²) in [6, 6.07) is 15.5. The summed E-state index contributed by atoms with van der Waals surface area (Å²) in [6.45, 7) is 1.90. The van der Waals surface area contributed by atoms with Gasteiger partial charge in [0, 0.05) is 5.92 Å². The number of carbonyl (C=O) groups is 2. The van der Waals surface area contributed by atoms with E-state index in [2.05, 4.69) is 40.8 Å². The van der Waals surface area contributed by atoms with Crippen LogP contribution in [0.4, 0.5) is 4.79 Å². The number of carbonyl (C=O) groups excluding carboxylic acids is 2. The van der Waals surface area contributed by atoms with Gasteiger partial charge in [-0.05, 0) is 29.2 Å². The lowest BCUT2D eigenvalue weighted by atomic mass is 9.98. The van der Waals surface area contributed by atoms with Crippen LogP contribution >= 0.6 is 0 Å². The fourth-order valence-electron chi connectivity index (χ4n) is 3.17. The molecule has 0 fully saturated rings. The number of alkyl carbamates (subject to hydrolysis) is 1. The minimum atomic E-state index is -0.723. The van der Waals surface area contributed by atoms with Crippen LogP contribution in [0.2, 0.25) is 0 Å². The highest BCUT2D eigenvalue weighted by Crippen LogP contribution is 2.44. The average molecular weight is 348 g/mol. The summed E-state index contributed by atoms with van der Waals surface area (Å²) in [5, 5.41) is 5.03. The van der Waals surface area contributed by atoms with E-state index in [1.807, 2.05) is 24.3 Å². The van der Waals surface area contributed by atoms with Crippen LogP contribution in [0.25, 0.3) is 11.1 Å². The van der Waals surface area contributed by atoms with Gasteiger partial charge < -0.3 is 15.4 Å². The van der Waals surface area contributed by atoms with Gasteiger partial charge in [-0.1, -0.05) is 54.5 Å². The predicted octanol–water partition coefficient (Wildman–Crippen LogP) is 2.66. The molecule has 0 radical (unpaired) electrons. The van der Waals surface area contributed by atoms with E-state index in [0.717, 1.165) is 11.1 Å². The second-order valence-corrected chi connectivity index (χ2v) is 6.11. The molecule has 2 N–H and O–H groups in total. The lowest BCUT2D eigenvalue weighted by Gasteiger charge is -2.16. The SMILES string of the molecule is C#CCNC(=O)[C@H](C)NC(=O)OCC1c2ccccc2-c2ccccc21. The summed E-state index contributed by atoms with van der Waals surface area (Å²) in [6.07, 6.45) is 4.47. The number of hydrogen-bond donors (Lipinski definition) is 2. The van der Waals surface area contributed by atoms with Crippen molar-refractivity contribution in [3.05, 3.63) is 59.7 Å². The molecule has 132 valence electrons. The summed E-state index contributed by atoms with van der Waals surface area (Å²) in [7, 11) is 0. The van der Waals surface area contributed by atoms with Crippen LogP contribution in [0.3, 0.4) is 0 Å². The first-order valence-electron chi connectivity index (χ1n) is 8.44. The van der Waals surface area contributed by atoms with E-state index in [9.17, 15) is 9.59 Å². The number of rotatable bonds is 5. The molecule has 0 saturated carbocycles. The van der Waals surface area contributed by atoms with Gasteiger partial charge in [-0.25, -0.2) is 4.79 Å². The first kappa shape index (κ1) is 17.6. The molecule has 0 heterocycles. The van der Waals surface area contributed by atoms with Gasteiger partial charge in [-0.3, -0.25) is 4.79 Å². The van der Waals surface area contributed by atoms with Crippen LogP contribution in [0, 0.1) is 12.3 Å². The first-order chi connectivity index (χ1) is 12.6. The van der Waals surface area contributed by atoms with Gasteiger partial charge in [0.2, 0.25) is 5.91 Å². The fourth-order valence-corrected chi connectivity index (χ4v) is 3.17. The monoisotopic (exact) mass is 348 g/mol. The van der Waals surface area contributed by atoms with E-state index in [4.69, 9.17) is 11.2 Å². The second kappa shape index (κ2) is 7.75. The van der Waals surface area contributed by atoms with Gasteiger partial charge in [-0.2, -0.15) is 0 Å². The third-order valence-electron chi connectivity index (χ3n) is 4.44. The zero-order valence-corrected chi connectivity index (χ0v) is 14.5. The van der Waals surface area contributed by atoms with E-state index >= 15 is 0 Å². The lowest BCUT2D eigenvalue weighted by molar-refractivity contribution is -0.122. The molecule has 3 rings (SSSR count). The van der Waals surface area contributed by atoms with Crippen LogP contribution in [0.15, 0.2) is 48.5 Å². The molecule has 2 aromatic carbocycles. The molecule has 2 aromatic rings. The molecular formula is C21H20N2O3. The maximum atomic E-state index is 12.1. The Kier molecular flexibility index (Phi) is 5.23. The predicted molar refractivity (Wildman–Crippen MR) is 99.5 cm³/mol. The summed E-state index contributed by atoms with van der Waals surface area (Å²) in [5.41, 5.74) is 4.61. The second-order valence-electron chi connectivity index (χ2n) is 6.11. The molecule has 1 aliphatic carbocycles. The minimum Gasteiger partial charge on any atom is -0.449 e. The molecule has 0 saturated heterocycles. The fraction of sp³-hybridized carbons (Fsp3) is 0.238. The van der Waals surface area contributed by atoms with Crippen molar-refractivity contribution in [2.45, 2.75) is 18.9 Å². The first-order valence-corrected chi connectivity index (χ1v) is 8.44. The highest BCUT2D eigenvalue weighted by Gasteiger charge is 2.29. The summed E-state index contributed by atoms with van der Waals surface area (Å²) < 4.78 is 5.39.